The molecule has 1 aromatic carbocycles. The van der Waals surface area contributed by atoms with Crippen LogP contribution in [0.1, 0.15) is 23.3 Å². The Morgan fingerprint density at radius 2 is 2.06 bits per heavy atom. The average Bonchev–Trinajstić information content (AvgIpc) is 2.90. The maximum absolute atomic E-state index is 5.94. The van der Waals surface area contributed by atoms with E-state index in [2.05, 4.69) is 29.6 Å². The zero-order valence-corrected chi connectivity index (χ0v) is 11.5. The number of benzene rings is 1. The first-order valence-electron chi connectivity index (χ1n) is 6.29. The topological polar surface area (TPSA) is 35.2 Å². The minimum atomic E-state index is 0.325. The lowest BCUT2D eigenvalue weighted by atomic mass is 9.94. The fourth-order valence-electron chi connectivity index (χ4n) is 2.10. The van der Waals surface area contributed by atoms with Crippen LogP contribution in [0, 0.1) is 0 Å². The zero-order chi connectivity index (χ0) is 12.8. The maximum atomic E-state index is 5.94. The Balaban J connectivity index is 2.21. The molecule has 0 aliphatic rings. The molecule has 0 aliphatic carbocycles. The molecule has 1 aromatic heterocycles. The van der Waals surface area contributed by atoms with E-state index in [0.717, 1.165) is 12.2 Å². The highest BCUT2D eigenvalue weighted by atomic mass is 32.1. The van der Waals surface area contributed by atoms with Gasteiger partial charge in [-0.05, 0) is 43.0 Å². The number of hydrogen-bond acceptors (Lipinski definition) is 3. The van der Waals surface area contributed by atoms with Gasteiger partial charge in [0.2, 0.25) is 0 Å². The van der Waals surface area contributed by atoms with Gasteiger partial charge in [0.1, 0.15) is 5.75 Å². The van der Waals surface area contributed by atoms with Gasteiger partial charge in [0, 0.05) is 10.8 Å². The summed E-state index contributed by atoms with van der Waals surface area (Å²) in [7, 11) is 0. The second-order valence-corrected chi connectivity index (χ2v) is 5.22. The van der Waals surface area contributed by atoms with E-state index in [1.54, 1.807) is 11.3 Å². The fraction of sp³-hybridized carbons (Fsp3) is 0.333. The Labute approximate surface area is 112 Å². The van der Waals surface area contributed by atoms with Crippen LogP contribution < -0.4 is 10.5 Å². The standard InChI is InChI=1S/C15H19NOS/c1-2-17-15-8-4-3-7-14(15)12(11-16)10-13-6-5-9-18-13/h3-9,12H,2,10-11,16H2,1H3. The van der Waals surface area contributed by atoms with Crippen molar-refractivity contribution in [1.29, 1.82) is 0 Å². The summed E-state index contributed by atoms with van der Waals surface area (Å²) in [5.41, 5.74) is 7.15. The smallest absolute Gasteiger partial charge is 0.122 e. The van der Waals surface area contributed by atoms with E-state index in [1.165, 1.54) is 10.4 Å². The van der Waals surface area contributed by atoms with E-state index in [9.17, 15) is 0 Å². The molecular weight excluding hydrogens is 242 g/mol. The lowest BCUT2D eigenvalue weighted by molar-refractivity contribution is 0.334. The van der Waals surface area contributed by atoms with E-state index in [1.807, 2.05) is 19.1 Å². The predicted molar refractivity (Wildman–Crippen MR) is 77.4 cm³/mol. The molecule has 0 saturated heterocycles. The quantitative estimate of drug-likeness (QED) is 0.864. The summed E-state index contributed by atoms with van der Waals surface area (Å²) in [5, 5.41) is 2.11. The van der Waals surface area contributed by atoms with Crippen molar-refractivity contribution in [2.75, 3.05) is 13.2 Å². The summed E-state index contributed by atoms with van der Waals surface area (Å²) in [6, 6.07) is 12.5. The molecule has 0 spiro atoms. The van der Waals surface area contributed by atoms with Crippen molar-refractivity contribution in [1.82, 2.24) is 0 Å². The Bertz CT molecular complexity index is 467. The summed E-state index contributed by atoms with van der Waals surface area (Å²) in [6.07, 6.45) is 0.984. The van der Waals surface area contributed by atoms with Crippen molar-refractivity contribution < 1.29 is 4.74 Å². The van der Waals surface area contributed by atoms with Gasteiger partial charge in [-0.1, -0.05) is 24.3 Å². The molecule has 0 amide bonds. The Kier molecular flexibility index (Phi) is 4.79. The Morgan fingerprint density at radius 3 is 2.72 bits per heavy atom. The van der Waals surface area contributed by atoms with E-state index in [0.29, 0.717) is 19.1 Å². The van der Waals surface area contributed by atoms with E-state index < -0.39 is 0 Å². The minimum Gasteiger partial charge on any atom is -0.494 e. The van der Waals surface area contributed by atoms with Crippen LogP contribution >= 0.6 is 11.3 Å². The fourth-order valence-corrected chi connectivity index (χ4v) is 2.88. The summed E-state index contributed by atoms with van der Waals surface area (Å²) in [5.74, 6) is 1.29. The molecule has 2 N–H and O–H groups in total. The van der Waals surface area contributed by atoms with Crippen LogP contribution in [0.2, 0.25) is 0 Å². The summed E-state index contributed by atoms with van der Waals surface area (Å²) >= 11 is 1.78. The lowest BCUT2D eigenvalue weighted by Crippen LogP contribution is -2.15. The molecule has 1 heterocycles. The maximum Gasteiger partial charge on any atom is 0.122 e. The van der Waals surface area contributed by atoms with Crippen LogP contribution in [-0.2, 0) is 6.42 Å². The van der Waals surface area contributed by atoms with Gasteiger partial charge in [-0.25, -0.2) is 0 Å². The summed E-state index contributed by atoms with van der Waals surface area (Å²) in [4.78, 5) is 1.37. The Morgan fingerprint density at radius 1 is 1.22 bits per heavy atom. The molecule has 0 saturated carbocycles. The van der Waals surface area contributed by atoms with Crippen LogP contribution in [-0.4, -0.2) is 13.2 Å². The summed E-state index contributed by atoms with van der Waals surface area (Å²) < 4.78 is 5.69. The zero-order valence-electron chi connectivity index (χ0n) is 10.6. The third-order valence-corrected chi connectivity index (χ3v) is 3.87. The molecule has 0 fully saturated rings. The second-order valence-electron chi connectivity index (χ2n) is 4.19. The molecule has 0 aliphatic heterocycles. The van der Waals surface area contributed by atoms with Crippen LogP contribution in [0.5, 0.6) is 5.75 Å². The first kappa shape index (κ1) is 13.1. The van der Waals surface area contributed by atoms with Crippen molar-refractivity contribution in [3.63, 3.8) is 0 Å². The molecule has 0 bridgehead atoms. The third-order valence-electron chi connectivity index (χ3n) is 2.97. The van der Waals surface area contributed by atoms with E-state index in [4.69, 9.17) is 10.5 Å². The first-order valence-corrected chi connectivity index (χ1v) is 7.17. The van der Waals surface area contributed by atoms with Crippen LogP contribution in [0.3, 0.4) is 0 Å². The van der Waals surface area contributed by atoms with E-state index in [-0.39, 0.29) is 0 Å². The number of nitrogens with two attached hydrogens (primary N) is 1. The largest absolute Gasteiger partial charge is 0.494 e. The molecule has 1 atom stereocenters. The molecule has 96 valence electrons. The van der Waals surface area contributed by atoms with Gasteiger partial charge in [0.05, 0.1) is 6.61 Å². The number of para-hydroxylation sites is 1. The highest BCUT2D eigenvalue weighted by Gasteiger charge is 2.15. The molecular formula is C15H19NOS. The van der Waals surface area contributed by atoms with Gasteiger partial charge in [0.15, 0.2) is 0 Å². The van der Waals surface area contributed by atoms with Gasteiger partial charge in [0.25, 0.3) is 0 Å². The van der Waals surface area contributed by atoms with Gasteiger partial charge in [-0.2, -0.15) is 0 Å². The van der Waals surface area contributed by atoms with E-state index >= 15 is 0 Å². The van der Waals surface area contributed by atoms with Gasteiger partial charge in [-0.3, -0.25) is 0 Å². The van der Waals surface area contributed by atoms with Crippen molar-refractivity contribution >= 4 is 11.3 Å². The molecule has 1 unspecified atom stereocenters. The predicted octanol–water partition coefficient (Wildman–Crippen LogP) is 3.43. The van der Waals surface area contributed by atoms with Crippen molar-refractivity contribution in [2.24, 2.45) is 5.73 Å². The molecule has 2 rings (SSSR count). The minimum absolute atomic E-state index is 0.325. The molecule has 3 heteroatoms. The van der Waals surface area contributed by atoms with Crippen LogP contribution in [0.4, 0.5) is 0 Å². The molecule has 2 nitrogen and oxygen atoms in total. The SMILES string of the molecule is CCOc1ccccc1C(CN)Cc1cccs1. The monoisotopic (exact) mass is 261 g/mol. The Hall–Kier alpha value is -1.32. The molecule has 18 heavy (non-hydrogen) atoms. The second kappa shape index (κ2) is 6.57. The average molecular weight is 261 g/mol. The van der Waals surface area contributed by atoms with Gasteiger partial charge in [-0.15, -0.1) is 11.3 Å². The van der Waals surface area contributed by atoms with Crippen LogP contribution in [0.15, 0.2) is 41.8 Å². The normalized spacial score (nSPS) is 12.3. The lowest BCUT2D eigenvalue weighted by Gasteiger charge is -2.18. The molecule has 2 aromatic rings. The number of hydrogen-bond donors (Lipinski definition) is 1. The molecule has 0 radical (unpaired) electrons. The van der Waals surface area contributed by atoms with Crippen molar-refractivity contribution in [3.8, 4) is 5.75 Å². The number of thiophene rings is 1. The number of rotatable bonds is 6. The number of ether oxygens (including phenoxy) is 1. The summed E-state index contributed by atoms with van der Waals surface area (Å²) in [6.45, 7) is 3.34. The first-order chi connectivity index (χ1) is 8.85. The highest BCUT2D eigenvalue weighted by molar-refractivity contribution is 7.09. The highest BCUT2D eigenvalue weighted by Crippen LogP contribution is 2.29. The van der Waals surface area contributed by atoms with Gasteiger partial charge < -0.3 is 10.5 Å². The third kappa shape index (κ3) is 3.12. The van der Waals surface area contributed by atoms with Gasteiger partial charge >= 0.3 is 0 Å². The van der Waals surface area contributed by atoms with Crippen molar-refractivity contribution in [2.45, 2.75) is 19.3 Å². The van der Waals surface area contributed by atoms with Crippen molar-refractivity contribution in [3.05, 3.63) is 52.2 Å². The van der Waals surface area contributed by atoms with Crippen LogP contribution in [0.25, 0.3) is 0 Å².